The summed E-state index contributed by atoms with van der Waals surface area (Å²) in [5.74, 6) is 1.03. The van der Waals surface area contributed by atoms with Crippen molar-refractivity contribution in [3.63, 3.8) is 0 Å². The van der Waals surface area contributed by atoms with Gasteiger partial charge in [0.15, 0.2) is 0 Å². The molecule has 0 atom stereocenters. The number of nitriles is 2. The minimum absolute atomic E-state index is 0.0826. The van der Waals surface area contributed by atoms with Crippen molar-refractivity contribution in [2.45, 2.75) is 51.4 Å². The van der Waals surface area contributed by atoms with Crippen LogP contribution in [0.3, 0.4) is 0 Å². The van der Waals surface area contributed by atoms with Crippen LogP contribution in [0.4, 0.5) is 0 Å². The summed E-state index contributed by atoms with van der Waals surface area (Å²) in [6.45, 7) is 4.84. The predicted molar refractivity (Wildman–Crippen MR) is 124 cm³/mol. The molecule has 4 rings (SSSR count). The van der Waals surface area contributed by atoms with Gasteiger partial charge >= 0.3 is 0 Å². The van der Waals surface area contributed by atoms with E-state index in [9.17, 15) is 0 Å². The third kappa shape index (κ3) is 7.18. The van der Waals surface area contributed by atoms with Gasteiger partial charge in [0.2, 0.25) is 0 Å². The van der Waals surface area contributed by atoms with Crippen LogP contribution in [0.1, 0.15) is 43.7 Å². The maximum absolute atomic E-state index is 8.88. The van der Waals surface area contributed by atoms with Gasteiger partial charge in [0.1, 0.15) is 5.54 Å². The SMILES string of the molecule is CC1(C#N)CC(COCc2ccccc2)C1.N#CC1(N)CC(COCc2ccccc2)C1. The highest BCUT2D eigenvalue weighted by Crippen LogP contribution is 2.44. The van der Waals surface area contributed by atoms with Crippen molar-refractivity contribution in [1.82, 2.24) is 0 Å². The van der Waals surface area contributed by atoms with E-state index in [-0.39, 0.29) is 5.41 Å². The molecule has 5 heteroatoms. The van der Waals surface area contributed by atoms with Gasteiger partial charge in [0.05, 0.1) is 37.4 Å². The van der Waals surface area contributed by atoms with E-state index in [1.807, 2.05) is 55.5 Å². The molecule has 2 aromatic rings. The first-order valence-electron chi connectivity index (χ1n) is 11.3. The second-order valence-corrected chi connectivity index (χ2v) is 9.49. The van der Waals surface area contributed by atoms with Crippen LogP contribution in [-0.4, -0.2) is 18.8 Å². The first-order valence-corrected chi connectivity index (χ1v) is 11.3. The molecule has 2 aliphatic carbocycles. The third-order valence-corrected chi connectivity index (χ3v) is 6.21. The van der Waals surface area contributed by atoms with Crippen LogP contribution in [0.5, 0.6) is 0 Å². The van der Waals surface area contributed by atoms with Crippen LogP contribution in [0, 0.1) is 39.9 Å². The van der Waals surface area contributed by atoms with Crippen molar-refractivity contribution in [2.24, 2.45) is 23.0 Å². The van der Waals surface area contributed by atoms with E-state index in [2.05, 4.69) is 24.3 Å². The van der Waals surface area contributed by atoms with Gasteiger partial charge in [-0.15, -0.1) is 0 Å². The first kappa shape index (κ1) is 24.0. The number of rotatable bonds is 8. The van der Waals surface area contributed by atoms with Crippen LogP contribution in [0.2, 0.25) is 0 Å². The number of ether oxygens (including phenoxy) is 2. The predicted octanol–water partition coefficient (Wildman–Crippen LogP) is 4.98. The lowest BCUT2D eigenvalue weighted by Gasteiger charge is -2.39. The molecule has 5 nitrogen and oxygen atoms in total. The van der Waals surface area contributed by atoms with Crippen molar-refractivity contribution in [3.05, 3.63) is 71.8 Å². The summed E-state index contributed by atoms with van der Waals surface area (Å²) >= 11 is 0. The quantitative estimate of drug-likeness (QED) is 0.636. The Bertz CT molecular complexity index is 828. The monoisotopic (exact) mass is 431 g/mol. The summed E-state index contributed by atoms with van der Waals surface area (Å²) in [4.78, 5) is 0. The molecular weight excluding hydrogens is 398 g/mol. The van der Waals surface area contributed by atoms with Gasteiger partial charge in [0, 0.05) is 6.61 Å². The van der Waals surface area contributed by atoms with Gasteiger partial charge < -0.3 is 15.2 Å². The van der Waals surface area contributed by atoms with Crippen molar-refractivity contribution >= 4 is 0 Å². The van der Waals surface area contributed by atoms with Crippen LogP contribution in [-0.2, 0) is 22.7 Å². The molecule has 2 fully saturated rings. The molecule has 0 bridgehead atoms. The Hall–Kier alpha value is -2.70. The first-order chi connectivity index (χ1) is 15.4. The lowest BCUT2D eigenvalue weighted by atomic mass is 9.64. The molecule has 0 aromatic heterocycles. The summed E-state index contributed by atoms with van der Waals surface area (Å²) in [7, 11) is 0. The Morgan fingerprint density at radius 3 is 1.62 bits per heavy atom. The fourth-order valence-electron chi connectivity index (χ4n) is 4.44. The van der Waals surface area contributed by atoms with E-state index in [4.69, 9.17) is 25.7 Å². The molecule has 2 N–H and O–H groups in total. The molecule has 0 unspecified atom stereocenters. The van der Waals surface area contributed by atoms with Crippen LogP contribution >= 0.6 is 0 Å². The van der Waals surface area contributed by atoms with E-state index in [0.717, 1.165) is 32.3 Å². The van der Waals surface area contributed by atoms with Crippen LogP contribution in [0.15, 0.2) is 60.7 Å². The van der Waals surface area contributed by atoms with Crippen molar-refractivity contribution in [3.8, 4) is 12.1 Å². The molecule has 0 heterocycles. The lowest BCUT2D eigenvalue weighted by molar-refractivity contribution is 0.0165. The standard InChI is InChI=1S/C14H17NO.C13H16N2O/c1-14(11-15)7-13(8-14)10-16-9-12-5-3-2-4-6-12;14-10-13(15)6-12(7-13)9-16-8-11-4-2-1-3-5-11/h2-6,13H,7-10H2,1H3;1-5,12H,6-9,15H2. The van der Waals surface area contributed by atoms with E-state index in [1.165, 1.54) is 11.1 Å². The summed E-state index contributed by atoms with van der Waals surface area (Å²) in [6.07, 6.45) is 3.49. The summed E-state index contributed by atoms with van der Waals surface area (Å²) in [5.41, 5.74) is 7.49. The average molecular weight is 432 g/mol. The molecular formula is C27H33N3O2. The molecule has 0 radical (unpaired) electrons. The van der Waals surface area contributed by atoms with Gasteiger partial charge in [-0.05, 0) is 55.6 Å². The highest BCUT2D eigenvalue weighted by Gasteiger charge is 2.41. The van der Waals surface area contributed by atoms with Crippen molar-refractivity contribution in [2.75, 3.05) is 13.2 Å². The van der Waals surface area contributed by atoms with Gasteiger partial charge in [-0.25, -0.2) is 0 Å². The molecule has 2 saturated carbocycles. The minimum Gasteiger partial charge on any atom is -0.376 e. The number of benzene rings is 2. The Morgan fingerprint density at radius 1 is 0.781 bits per heavy atom. The van der Waals surface area contributed by atoms with Crippen molar-refractivity contribution in [1.29, 1.82) is 10.5 Å². The zero-order valence-corrected chi connectivity index (χ0v) is 18.9. The molecule has 2 aliphatic rings. The highest BCUT2D eigenvalue weighted by atomic mass is 16.5. The molecule has 0 saturated heterocycles. The van der Waals surface area contributed by atoms with Gasteiger partial charge in [0.25, 0.3) is 0 Å². The smallest absolute Gasteiger partial charge is 0.104 e. The second-order valence-electron chi connectivity index (χ2n) is 9.49. The second kappa shape index (κ2) is 11.2. The number of nitrogens with two attached hydrogens (primary N) is 1. The average Bonchev–Trinajstić information content (AvgIpc) is 2.78. The van der Waals surface area contributed by atoms with Crippen LogP contribution < -0.4 is 5.73 Å². The Labute approximate surface area is 191 Å². The maximum Gasteiger partial charge on any atom is 0.104 e. The maximum atomic E-state index is 8.88. The van der Waals surface area contributed by atoms with Gasteiger partial charge in [-0.3, -0.25) is 0 Å². The summed E-state index contributed by atoms with van der Waals surface area (Å²) in [5, 5.41) is 17.6. The topological polar surface area (TPSA) is 92.1 Å². The molecule has 168 valence electrons. The lowest BCUT2D eigenvalue weighted by Crippen LogP contribution is -2.51. The number of nitrogens with zero attached hydrogens (tertiary/aromatic N) is 2. The van der Waals surface area contributed by atoms with E-state index < -0.39 is 5.54 Å². The van der Waals surface area contributed by atoms with Gasteiger partial charge in [-0.1, -0.05) is 60.7 Å². The van der Waals surface area contributed by atoms with E-state index in [0.29, 0.717) is 31.7 Å². The van der Waals surface area contributed by atoms with Gasteiger partial charge in [-0.2, -0.15) is 10.5 Å². The summed E-state index contributed by atoms with van der Waals surface area (Å²) < 4.78 is 11.2. The largest absolute Gasteiger partial charge is 0.376 e. The Morgan fingerprint density at radius 2 is 1.22 bits per heavy atom. The molecule has 0 amide bonds. The molecule has 2 aromatic carbocycles. The molecule has 0 spiro atoms. The molecule has 0 aliphatic heterocycles. The zero-order valence-electron chi connectivity index (χ0n) is 18.9. The minimum atomic E-state index is -0.583. The zero-order chi connectivity index (χ0) is 22.9. The van der Waals surface area contributed by atoms with E-state index >= 15 is 0 Å². The fourth-order valence-corrected chi connectivity index (χ4v) is 4.44. The Balaban J connectivity index is 0.000000181. The number of hydrogen-bond acceptors (Lipinski definition) is 5. The Kier molecular flexibility index (Phi) is 8.42. The molecule has 32 heavy (non-hydrogen) atoms. The summed E-state index contributed by atoms with van der Waals surface area (Å²) in [6, 6.07) is 24.8. The van der Waals surface area contributed by atoms with E-state index in [1.54, 1.807) is 0 Å². The highest BCUT2D eigenvalue weighted by molar-refractivity contribution is 5.15. The number of hydrogen-bond donors (Lipinski definition) is 1. The normalized spacial score (nSPS) is 28.1. The van der Waals surface area contributed by atoms with Crippen molar-refractivity contribution < 1.29 is 9.47 Å². The fraction of sp³-hybridized carbons (Fsp3) is 0.481. The van der Waals surface area contributed by atoms with Crippen LogP contribution in [0.25, 0.3) is 0 Å². The third-order valence-electron chi connectivity index (χ3n) is 6.21.